The van der Waals surface area contributed by atoms with Gasteiger partial charge in [-0.1, -0.05) is 13.8 Å². The molecule has 0 aromatic heterocycles. The van der Waals surface area contributed by atoms with Crippen LogP contribution in [0.3, 0.4) is 0 Å². The van der Waals surface area contributed by atoms with Gasteiger partial charge in [-0.2, -0.15) is 12.6 Å². The highest BCUT2D eigenvalue weighted by molar-refractivity contribution is 7.81. The van der Waals surface area contributed by atoms with Crippen LogP contribution in [-0.2, 0) is 0 Å². The zero-order valence-corrected chi connectivity index (χ0v) is 6.36. The molecule has 0 heterocycles. The van der Waals surface area contributed by atoms with Crippen molar-refractivity contribution < 1.29 is 5.11 Å². The van der Waals surface area contributed by atoms with Gasteiger partial charge in [0.05, 0.1) is 0 Å². The van der Waals surface area contributed by atoms with Crippen molar-refractivity contribution in [3.8, 4) is 0 Å². The van der Waals surface area contributed by atoms with Crippen LogP contribution in [0, 0.1) is 5.92 Å². The van der Waals surface area contributed by atoms with Gasteiger partial charge in [0, 0.05) is 11.9 Å². The molecule has 0 bridgehead atoms. The minimum atomic E-state index is 0.252. The lowest BCUT2D eigenvalue weighted by atomic mass is 10.1. The summed E-state index contributed by atoms with van der Waals surface area (Å²) in [5.41, 5.74) is 0. The summed E-state index contributed by atoms with van der Waals surface area (Å²) in [6, 6.07) is 0. The van der Waals surface area contributed by atoms with Crippen LogP contribution in [0.2, 0.25) is 0 Å². The predicted molar refractivity (Wildman–Crippen MR) is 39.3 cm³/mol. The van der Waals surface area contributed by atoms with Gasteiger partial charge in [0.1, 0.15) is 0 Å². The second-order valence-corrected chi connectivity index (χ2v) is 2.80. The van der Waals surface area contributed by atoms with Gasteiger partial charge in [0.25, 0.3) is 0 Å². The van der Waals surface area contributed by atoms with Gasteiger partial charge in [-0.25, -0.2) is 0 Å². The van der Waals surface area contributed by atoms with Crippen LogP contribution in [0.25, 0.3) is 0 Å². The third-order valence-corrected chi connectivity index (χ3v) is 2.24. The van der Waals surface area contributed by atoms with Crippen molar-refractivity contribution in [2.75, 3.05) is 6.61 Å². The standard InChI is InChI=1S/C6H14OS/c1-3-6(8)5(2)4-7/h5-8H,3-4H2,1-2H3/t5-,6+/m1/s1. The molecule has 50 valence electrons. The molecule has 0 aliphatic heterocycles. The van der Waals surface area contributed by atoms with Gasteiger partial charge >= 0.3 is 0 Å². The maximum Gasteiger partial charge on any atom is 0.0467 e. The summed E-state index contributed by atoms with van der Waals surface area (Å²) >= 11 is 4.24. The van der Waals surface area contributed by atoms with Gasteiger partial charge in [0.2, 0.25) is 0 Å². The van der Waals surface area contributed by atoms with Gasteiger partial charge in [0.15, 0.2) is 0 Å². The summed E-state index contributed by atoms with van der Waals surface area (Å²) in [5, 5.41) is 8.95. The van der Waals surface area contributed by atoms with Crippen LogP contribution in [0.15, 0.2) is 0 Å². The summed E-state index contributed by atoms with van der Waals surface area (Å²) in [5.74, 6) is 0.336. The molecule has 1 nitrogen and oxygen atoms in total. The molecule has 0 amide bonds. The zero-order chi connectivity index (χ0) is 6.57. The van der Waals surface area contributed by atoms with Gasteiger partial charge in [-0.05, 0) is 12.3 Å². The Morgan fingerprint density at radius 1 is 1.62 bits per heavy atom. The van der Waals surface area contributed by atoms with Crippen LogP contribution in [-0.4, -0.2) is 17.0 Å². The maximum absolute atomic E-state index is 8.59. The molecule has 8 heavy (non-hydrogen) atoms. The molecule has 0 unspecified atom stereocenters. The fraction of sp³-hybridized carbons (Fsp3) is 1.00. The average Bonchev–Trinajstić information content (AvgIpc) is 1.84. The molecular formula is C6H14OS. The van der Waals surface area contributed by atoms with E-state index in [1.807, 2.05) is 6.92 Å². The first-order valence-corrected chi connectivity index (χ1v) is 3.53. The maximum atomic E-state index is 8.59. The smallest absolute Gasteiger partial charge is 0.0467 e. The van der Waals surface area contributed by atoms with E-state index < -0.39 is 0 Å². The predicted octanol–water partition coefficient (Wildman–Crippen LogP) is 1.32. The zero-order valence-electron chi connectivity index (χ0n) is 5.46. The molecule has 1 N–H and O–H groups in total. The molecule has 0 fully saturated rings. The fourth-order valence-electron chi connectivity index (χ4n) is 0.524. The minimum absolute atomic E-state index is 0.252. The summed E-state index contributed by atoms with van der Waals surface area (Å²) < 4.78 is 0. The average molecular weight is 134 g/mol. The Kier molecular flexibility index (Phi) is 4.38. The van der Waals surface area contributed by atoms with E-state index in [-0.39, 0.29) is 6.61 Å². The number of thiol groups is 1. The molecule has 0 radical (unpaired) electrons. The summed E-state index contributed by atoms with van der Waals surface area (Å²) in [6.07, 6.45) is 1.03. The molecule has 2 atom stereocenters. The lowest BCUT2D eigenvalue weighted by Crippen LogP contribution is -2.13. The summed E-state index contributed by atoms with van der Waals surface area (Å²) in [7, 11) is 0. The van der Waals surface area contributed by atoms with Crippen molar-refractivity contribution in [1.82, 2.24) is 0 Å². The lowest BCUT2D eigenvalue weighted by molar-refractivity contribution is 0.234. The van der Waals surface area contributed by atoms with Crippen molar-refractivity contribution in [2.45, 2.75) is 25.5 Å². The highest BCUT2D eigenvalue weighted by Gasteiger charge is 2.07. The van der Waals surface area contributed by atoms with E-state index in [2.05, 4.69) is 19.6 Å². The van der Waals surface area contributed by atoms with Crippen LogP contribution >= 0.6 is 12.6 Å². The Balaban J connectivity index is 3.29. The van der Waals surface area contributed by atoms with Gasteiger partial charge in [-0.15, -0.1) is 0 Å². The normalized spacial score (nSPS) is 18.0. The first-order valence-electron chi connectivity index (χ1n) is 3.01. The Bertz CT molecular complexity index is 48.5. The number of rotatable bonds is 3. The fourth-order valence-corrected chi connectivity index (χ4v) is 0.618. The highest BCUT2D eigenvalue weighted by Crippen LogP contribution is 2.11. The SMILES string of the molecule is CC[C@H](S)[C@H](C)CO. The van der Waals surface area contributed by atoms with E-state index in [4.69, 9.17) is 5.11 Å². The molecule has 0 rings (SSSR count). The monoisotopic (exact) mass is 134 g/mol. The number of aliphatic hydroxyl groups is 1. The molecular weight excluding hydrogens is 120 g/mol. The van der Waals surface area contributed by atoms with E-state index in [1.54, 1.807) is 0 Å². The van der Waals surface area contributed by atoms with E-state index in [1.165, 1.54) is 0 Å². The van der Waals surface area contributed by atoms with Gasteiger partial charge in [-0.3, -0.25) is 0 Å². The summed E-state index contributed by atoms with van der Waals surface area (Å²) in [4.78, 5) is 0. The molecule has 0 aliphatic carbocycles. The van der Waals surface area contributed by atoms with E-state index in [9.17, 15) is 0 Å². The van der Waals surface area contributed by atoms with Crippen molar-refractivity contribution in [1.29, 1.82) is 0 Å². The van der Waals surface area contributed by atoms with E-state index in [0.717, 1.165) is 6.42 Å². The van der Waals surface area contributed by atoms with Crippen LogP contribution in [0.4, 0.5) is 0 Å². The number of hydrogen-bond donors (Lipinski definition) is 2. The van der Waals surface area contributed by atoms with Gasteiger partial charge < -0.3 is 5.11 Å². The van der Waals surface area contributed by atoms with Crippen molar-refractivity contribution >= 4 is 12.6 Å². The molecule has 0 aromatic rings. The molecule has 0 aliphatic rings. The molecule has 0 saturated heterocycles. The molecule has 0 aromatic carbocycles. The third kappa shape index (κ3) is 2.58. The third-order valence-electron chi connectivity index (χ3n) is 1.36. The Labute approximate surface area is 56.5 Å². The van der Waals surface area contributed by atoms with Crippen molar-refractivity contribution in [3.63, 3.8) is 0 Å². The lowest BCUT2D eigenvalue weighted by Gasteiger charge is -2.13. The Morgan fingerprint density at radius 2 is 2.12 bits per heavy atom. The van der Waals surface area contributed by atoms with Crippen LogP contribution in [0.1, 0.15) is 20.3 Å². The quantitative estimate of drug-likeness (QED) is 0.558. The number of hydrogen-bond acceptors (Lipinski definition) is 2. The minimum Gasteiger partial charge on any atom is -0.396 e. The Morgan fingerprint density at radius 3 is 2.25 bits per heavy atom. The van der Waals surface area contributed by atoms with Crippen molar-refractivity contribution in [3.05, 3.63) is 0 Å². The second-order valence-electron chi connectivity index (χ2n) is 2.14. The first kappa shape index (κ1) is 8.31. The number of aliphatic hydroxyl groups excluding tert-OH is 1. The molecule has 0 spiro atoms. The van der Waals surface area contributed by atoms with E-state index in [0.29, 0.717) is 11.2 Å². The molecule has 2 heteroatoms. The second kappa shape index (κ2) is 4.21. The molecule has 0 saturated carbocycles. The van der Waals surface area contributed by atoms with Crippen LogP contribution < -0.4 is 0 Å². The summed E-state index contributed by atoms with van der Waals surface area (Å²) in [6.45, 7) is 4.33. The van der Waals surface area contributed by atoms with E-state index >= 15 is 0 Å². The van der Waals surface area contributed by atoms with Crippen LogP contribution in [0.5, 0.6) is 0 Å². The van der Waals surface area contributed by atoms with Crippen molar-refractivity contribution in [2.24, 2.45) is 5.92 Å². The Hall–Kier alpha value is 0.310. The largest absolute Gasteiger partial charge is 0.396 e. The first-order chi connectivity index (χ1) is 3.72. The highest BCUT2D eigenvalue weighted by atomic mass is 32.1. The topological polar surface area (TPSA) is 20.2 Å².